The van der Waals surface area contributed by atoms with Crippen molar-refractivity contribution in [3.63, 3.8) is 0 Å². The normalized spacial score (nSPS) is 14.8. The minimum absolute atomic E-state index is 0.0491. The second kappa shape index (κ2) is 7.79. The molecule has 2 heterocycles. The lowest BCUT2D eigenvalue weighted by Gasteiger charge is -2.33. The molecule has 0 unspecified atom stereocenters. The summed E-state index contributed by atoms with van der Waals surface area (Å²) in [6, 6.07) is 11.7. The number of carbonyl (C=O) groups excluding carboxylic acids is 2. The Kier molecular flexibility index (Phi) is 5.28. The fourth-order valence-electron chi connectivity index (χ4n) is 2.73. The number of nitro groups is 1. The Morgan fingerprint density at radius 1 is 1.08 bits per heavy atom. The zero-order chi connectivity index (χ0) is 18.5. The van der Waals surface area contributed by atoms with Gasteiger partial charge in [-0.2, -0.15) is 0 Å². The number of anilines is 1. The van der Waals surface area contributed by atoms with Gasteiger partial charge in [0.15, 0.2) is 5.76 Å². The highest BCUT2D eigenvalue weighted by atomic mass is 16.6. The van der Waals surface area contributed by atoms with E-state index >= 15 is 0 Å². The summed E-state index contributed by atoms with van der Waals surface area (Å²) in [5.41, 5.74) is 0.741. The van der Waals surface area contributed by atoms with Gasteiger partial charge in [0.25, 0.3) is 5.91 Å². The maximum atomic E-state index is 12.3. The molecule has 0 radical (unpaired) electrons. The van der Waals surface area contributed by atoms with Crippen LogP contribution in [0.1, 0.15) is 10.6 Å². The van der Waals surface area contributed by atoms with E-state index in [2.05, 4.69) is 5.32 Å². The summed E-state index contributed by atoms with van der Waals surface area (Å²) in [7, 11) is 0. The number of nitrogens with one attached hydrogen (secondary N) is 1. The molecule has 1 aliphatic rings. The van der Waals surface area contributed by atoms with Gasteiger partial charge in [-0.15, -0.1) is 0 Å². The van der Waals surface area contributed by atoms with Crippen LogP contribution in [0, 0.1) is 10.1 Å². The molecule has 3 rings (SSSR count). The van der Waals surface area contributed by atoms with Gasteiger partial charge in [-0.1, -0.05) is 18.2 Å². The van der Waals surface area contributed by atoms with Gasteiger partial charge in [-0.25, -0.2) is 0 Å². The number of nitrogens with zero attached hydrogens (tertiary/aromatic N) is 3. The largest absolute Gasteiger partial charge is 0.433 e. The Morgan fingerprint density at radius 3 is 2.38 bits per heavy atom. The third-order valence-electron chi connectivity index (χ3n) is 4.07. The molecule has 0 atom stereocenters. The van der Waals surface area contributed by atoms with Gasteiger partial charge in [0.1, 0.15) is 4.92 Å². The van der Waals surface area contributed by atoms with Crippen LogP contribution in [0.15, 0.2) is 46.9 Å². The van der Waals surface area contributed by atoms with Crippen LogP contribution in [0.5, 0.6) is 0 Å². The van der Waals surface area contributed by atoms with E-state index in [0.717, 1.165) is 11.8 Å². The van der Waals surface area contributed by atoms with E-state index in [9.17, 15) is 19.7 Å². The quantitative estimate of drug-likeness (QED) is 0.642. The first kappa shape index (κ1) is 17.6. The number of hydrogen-bond acceptors (Lipinski definition) is 6. The van der Waals surface area contributed by atoms with Crippen molar-refractivity contribution in [1.82, 2.24) is 9.80 Å². The second-order valence-corrected chi connectivity index (χ2v) is 5.88. The third kappa shape index (κ3) is 4.25. The molecule has 1 saturated heterocycles. The van der Waals surface area contributed by atoms with E-state index in [0.29, 0.717) is 26.2 Å². The van der Waals surface area contributed by atoms with Gasteiger partial charge >= 0.3 is 5.88 Å². The molecule has 1 aliphatic heterocycles. The zero-order valence-electron chi connectivity index (χ0n) is 14.0. The first-order valence-corrected chi connectivity index (χ1v) is 8.13. The monoisotopic (exact) mass is 358 g/mol. The van der Waals surface area contributed by atoms with Crippen molar-refractivity contribution in [3.05, 3.63) is 58.3 Å². The van der Waals surface area contributed by atoms with Crippen molar-refractivity contribution in [2.45, 2.75) is 0 Å². The zero-order valence-corrected chi connectivity index (χ0v) is 14.0. The number of furan rings is 1. The van der Waals surface area contributed by atoms with E-state index < -0.39 is 10.8 Å². The predicted octanol–water partition coefficient (Wildman–Crippen LogP) is 1.58. The fourth-order valence-corrected chi connectivity index (χ4v) is 2.73. The lowest BCUT2D eigenvalue weighted by Crippen LogP contribution is -2.50. The van der Waals surface area contributed by atoms with E-state index in [1.807, 2.05) is 35.2 Å². The van der Waals surface area contributed by atoms with Gasteiger partial charge < -0.3 is 14.6 Å². The number of piperazine rings is 1. The van der Waals surface area contributed by atoms with Crippen molar-refractivity contribution < 1.29 is 18.9 Å². The summed E-state index contributed by atoms with van der Waals surface area (Å²) in [6.07, 6.45) is 0. The highest BCUT2D eigenvalue weighted by molar-refractivity contribution is 5.93. The molecular weight excluding hydrogens is 340 g/mol. The molecule has 1 fully saturated rings. The Labute approximate surface area is 149 Å². The number of hydrogen-bond donors (Lipinski definition) is 1. The Morgan fingerprint density at radius 2 is 1.77 bits per heavy atom. The lowest BCUT2D eigenvalue weighted by atomic mass is 10.2. The summed E-state index contributed by atoms with van der Waals surface area (Å²) in [5, 5.41) is 13.5. The maximum Gasteiger partial charge on any atom is 0.433 e. The van der Waals surface area contributed by atoms with Crippen molar-refractivity contribution >= 4 is 23.4 Å². The first-order valence-electron chi connectivity index (χ1n) is 8.13. The number of rotatable bonds is 5. The van der Waals surface area contributed by atoms with Crippen molar-refractivity contribution in [2.75, 3.05) is 38.0 Å². The highest BCUT2D eigenvalue weighted by Crippen LogP contribution is 2.18. The molecule has 0 saturated carbocycles. The maximum absolute atomic E-state index is 12.3. The molecule has 1 aromatic carbocycles. The topological polar surface area (TPSA) is 109 Å². The standard InChI is InChI=1S/C17H18N4O5/c22-15(18-13-4-2-1-3-5-13)12-19-8-10-20(11-9-19)17(23)14-6-7-16(26-14)21(24)25/h1-7H,8-12H2,(H,18,22). The molecule has 2 aromatic rings. The van der Waals surface area contributed by atoms with E-state index in [4.69, 9.17) is 4.42 Å². The Balaban J connectivity index is 1.48. The van der Waals surface area contributed by atoms with Gasteiger partial charge in [0.2, 0.25) is 5.91 Å². The molecule has 26 heavy (non-hydrogen) atoms. The average molecular weight is 358 g/mol. The van der Waals surface area contributed by atoms with Crippen LogP contribution in [0.4, 0.5) is 11.6 Å². The average Bonchev–Trinajstić information content (AvgIpc) is 3.13. The lowest BCUT2D eigenvalue weighted by molar-refractivity contribution is -0.402. The van der Waals surface area contributed by atoms with Gasteiger partial charge in [0.05, 0.1) is 12.6 Å². The first-order chi connectivity index (χ1) is 12.5. The summed E-state index contributed by atoms with van der Waals surface area (Å²) in [4.78, 5) is 37.9. The number of benzene rings is 1. The number of carbonyl (C=O) groups is 2. The summed E-state index contributed by atoms with van der Waals surface area (Å²) in [6.45, 7) is 2.16. The van der Waals surface area contributed by atoms with Crippen LogP contribution in [-0.4, -0.2) is 59.3 Å². The fraction of sp³-hybridized carbons (Fsp3) is 0.294. The van der Waals surface area contributed by atoms with E-state index in [1.54, 1.807) is 4.90 Å². The predicted molar refractivity (Wildman–Crippen MR) is 92.8 cm³/mol. The molecule has 9 nitrogen and oxygen atoms in total. The molecule has 2 amide bonds. The minimum Gasteiger partial charge on any atom is -0.395 e. The molecule has 0 aliphatic carbocycles. The van der Waals surface area contributed by atoms with Crippen LogP contribution < -0.4 is 5.32 Å². The number of para-hydroxylation sites is 1. The summed E-state index contributed by atoms with van der Waals surface area (Å²) >= 11 is 0. The second-order valence-electron chi connectivity index (χ2n) is 5.88. The van der Waals surface area contributed by atoms with Crippen LogP contribution >= 0.6 is 0 Å². The number of amides is 2. The molecule has 136 valence electrons. The Hall–Kier alpha value is -3.20. The molecule has 0 spiro atoms. The molecular formula is C17H18N4O5. The minimum atomic E-state index is -0.680. The van der Waals surface area contributed by atoms with Crippen LogP contribution in [0.25, 0.3) is 0 Å². The van der Waals surface area contributed by atoms with E-state index in [-0.39, 0.29) is 24.1 Å². The molecule has 0 bridgehead atoms. The SMILES string of the molecule is O=C(CN1CCN(C(=O)c2ccc([N+](=O)[O-])o2)CC1)Nc1ccccc1. The van der Waals surface area contributed by atoms with Crippen LogP contribution in [-0.2, 0) is 4.79 Å². The molecule has 9 heteroatoms. The Bertz CT molecular complexity index is 796. The molecule has 1 N–H and O–H groups in total. The highest BCUT2D eigenvalue weighted by Gasteiger charge is 2.26. The molecule has 1 aromatic heterocycles. The van der Waals surface area contributed by atoms with E-state index in [1.165, 1.54) is 6.07 Å². The van der Waals surface area contributed by atoms with Crippen molar-refractivity contribution in [2.24, 2.45) is 0 Å². The summed E-state index contributed by atoms with van der Waals surface area (Å²) in [5.74, 6) is -0.999. The third-order valence-corrected chi connectivity index (χ3v) is 4.07. The van der Waals surface area contributed by atoms with Gasteiger partial charge in [-0.3, -0.25) is 24.6 Å². The van der Waals surface area contributed by atoms with Crippen LogP contribution in [0.2, 0.25) is 0 Å². The van der Waals surface area contributed by atoms with Crippen molar-refractivity contribution in [3.8, 4) is 0 Å². The van der Waals surface area contributed by atoms with Gasteiger partial charge in [0, 0.05) is 31.9 Å². The van der Waals surface area contributed by atoms with Crippen LogP contribution in [0.3, 0.4) is 0 Å². The smallest absolute Gasteiger partial charge is 0.395 e. The summed E-state index contributed by atoms with van der Waals surface area (Å²) < 4.78 is 4.95. The van der Waals surface area contributed by atoms with Crippen molar-refractivity contribution in [1.29, 1.82) is 0 Å². The van der Waals surface area contributed by atoms with Gasteiger partial charge in [-0.05, 0) is 18.2 Å².